The van der Waals surface area contributed by atoms with Crippen LogP contribution in [0.25, 0.3) is 11.4 Å². The first-order valence-corrected chi connectivity index (χ1v) is 10.8. The maximum absolute atomic E-state index is 12.2. The zero-order valence-corrected chi connectivity index (χ0v) is 17.9. The molecule has 0 saturated carbocycles. The number of nitrogens with zero attached hydrogens (tertiary/aromatic N) is 3. The average molecular weight is 424 g/mol. The van der Waals surface area contributed by atoms with Crippen LogP contribution in [0, 0.1) is 6.92 Å². The Labute approximate surface area is 180 Å². The van der Waals surface area contributed by atoms with Crippen LogP contribution >= 0.6 is 11.8 Å². The van der Waals surface area contributed by atoms with Crippen molar-refractivity contribution in [2.24, 2.45) is 0 Å². The number of thioether (sulfide) groups is 1. The van der Waals surface area contributed by atoms with Crippen molar-refractivity contribution < 1.29 is 9.59 Å². The summed E-state index contributed by atoms with van der Waals surface area (Å²) >= 11 is 1.27. The number of hydrogen-bond donors (Lipinski definition) is 2. The number of benzene rings is 2. The summed E-state index contributed by atoms with van der Waals surface area (Å²) in [5, 5.41) is 14.3. The first-order valence-electron chi connectivity index (χ1n) is 9.81. The van der Waals surface area contributed by atoms with Gasteiger partial charge in [-0.2, -0.15) is 0 Å². The van der Waals surface area contributed by atoms with E-state index in [4.69, 9.17) is 0 Å². The van der Waals surface area contributed by atoms with E-state index in [0.717, 1.165) is 35.5 Å². The Kier molecular flexibility index (Phi) is 7.62. The second kappa shape index (κ2) is 10.6. The summed E-state index contributed by atoms with van der Waals surface area (Å²) in [5.41, 5.74) is 3.10. The van der Waals surface area contributed by atoms with Crippen LogP contribution in [0.1, 0.15) is 24.5 Å². The number of carbonyl (C=O) groups is 2. The SMILES string of the molecule is CCCn1c(SCC(=O)NC(=O)NCc2ccccc2)nnc1-c1cccc(C)c1. The minimum Gasteiger partial charge on any atom is -0.334 e. The minimum atomic E-state index is -0.514. The van der Waals surface area contributed by atoms with Crippen LogP contribution in [0.4, 0.5) is 4.79 Å². The zero-order valence-electron chi connectivity index (χ0n) is 17.1. The number of rotatable bonds is 8. The lowest BCUT2D eigenvalue weighted by Gasteiger charge is -2.10. The second-order valence-corrected chi connectivity index (χ2v) is 7.77. The molecule has 3 aromatic rings. The highest BCUT2D eigenvalue weighted by Crippen LogP contribution is 2.25. The smallest absolute Gasteiger partial charge is 0.321 e. The van der Waals surface area contributed by atoms with Crippen molar-refractivity contribution in [2.75, 3.05) is 5.75 Å². The van der Waals surface area contributed by atoms with Crippen molar-refractivity contribution in [3.63, 3.8) is 0 Å². The number of amides is 3. The van der Waals surface area contributed by atoms with Crippen molar-refractivity contribution in [3.8, 4) is 11.4 Å². The number of urea groups is 1. The van der Waals surface area contributed by atoms with E-state index in [1.54, 1.807) is 0 Å². The normalized spacial score (nSPS) is 10.6. The lowest BCUT2D eigenvalue weighted by Crippen LogP contribution is -2.40. The standard InChI is InChI=1S/C22H25N5O2S/c1-3-12-27-20(18-11-7-8-16(2)13-18)25-26-22(27)30-15-19(28)24-21(29)23-14-17-9-5-4-6-10-17/h4-11,13H,3,12,14-15H2,1-2H3,(H2,23,24,28,29). The number of hydrogen-bond acceptors (Lipinski definition) is 5. The van der Waals surface area contributed by atoms with Gasteiger partial charge in [0.25, 0.3) is 0 Å². The van der Waals surface area contributed by atoms with Crippen LogP contribution in [0.15, 0.2) is 59.8 Å². The van der Waals surface area contributed by atoms with E-state index in [1.807, 2.05) is 60.0 Å². The number of nitrogens with one attached hydrogen (secondary N) is 2. The highest BCUT2D eigenvalue weighted by Gasteiger charge is 2.16. The topological polar surface area (TPSA) is 88.9 Å². The number of aryl methyl sites for hydroxylation is 1. The molecule has 0 bridgehead atoms. The molecule has 0 aliphatic heterocycles. The van der Waals surface area contributed by atoms with Crippen LogP contribution in [0.3, 0.4) is 0 Å². The second-order valence-electron chi connectivity index (χ2n) is 6.83. The lowest BCUT2D eigenvalue weighted by molar-refractivity contribution is -0.117. The summed E-state index contributed by atoms with van der Waals surface area (Å²) in [5.74, 6) is 0.479. The first kappa shape index (κ1) is 21.6. The largest absolute Gasteiger partial charge is 0.334 e. The molecule has 0 atom stereocenters. The molecule has 0 radical (unpaired) electrons. The van der Waals surface area contributed by atoms with Gasteiger partial charge in [0.15, 0.2) is 11.0 Å². The van der Waals surface area contributed by atoms with Crippen LogP contribution in [0.2, 0.25) is 0 Å². The third-order valence-corrected chi connectivity index (χ3v) is 5.29. The first-order chi connectivity index (χ1) is 14.6. The summed E-state index contributed by atoms with van der Waals surface area (Å²) in [6.45, 7) is 5.22. The Morgan fingerprint density at radius 1 is 1.07 bits per heavy atom. The Bertz CT molecular complexity index is 1000. The van der Waals surface area contributed by atoms with E-state index in [1.165, 1.54) is 11.8 Å². The molecule has 0 spiro atoms. The number of aromatic nitrogens is 3. The van der Waals surface area contributed by atoms with E-state index in [-0.39, 0.29) is 11.7 Å². The van der Waals surface area contributed by atoms with Gasteiger partial charge in [0.2, 0.25) is 5.91 Å². The molecule has 0 fully saturated rings. The van der Waals surface area contributed by atoms with Gasteiger partial charge in [-0.1, -0.05) is 72.8 Å². The molecule has 8 heteroatoms. The van der Waals surface area contributed by atoms with Crippen LogP contribution in [-0.2, 0) is 17.9 Å². The zero-order chi connectivity index (χ0) is 21.3. The summed E-state index contributed by atoms with van der Waals surface area (Å²) in [4.78, 5) is 24.1. The molecule has 7 nitrogen and oxygen atoms in total. The predicted octanol–water partition coefficient (Wildman–Crippen LogP) is 3.78. The summed E-state index contributed by atoms with van der Waals surface area (Å²) in [6, 6.07) is 17.1. The van der Waals surface area contributed by atoms with Gasteiger partial charge >= 0.3 is 6.03 Å². The maximum Gasteiger partial charge on any atom is 0.321 e. The van der Waals surface area contributed by atoms with Gasteiger partial charge in [-0.15, -0.1) is 10.2 Å². The van der Waals surface area contributed by atoms with Crippen LogP contribution in [-0.4, -0.2) is 32.5 Å². The quantitative estimate of drug-likeness (QED) is 0.538. The van der Waals surface area contributed by atoms with Gasteiger partial charge in [0, 0.05) is 18.7 Å². The van der Waals surface area contributed by atoms with Gasteiger partial charge in [0.05, 0.1) is 5.75 Å². The molecule has 0 aliphatic rings. The van der Waals surface area contributed by atoms with Gasteiger partial charge in [-0.3, -0.25) is 10.1 Å². The van der Waals surface area contributed by atoms with Crippen molar-refractivity contribution in [2.45, 2.75) is 38.5 Å². The van der Waals surface area contributed by atoms with Crippen molar-refractivity contribution in [1.29, 1.82) is 0 Å². The van der Waals surface area contributed by atoms with E-state index in [2.05, 4.69) is 33.8 Å². The average Bonchev–Trinajstić information content (AvgIpc) is 3.14. The van der Waals surface area contributed by atoms with E-state index >= 15 is 0 Å². The van der Waals surface area contributed by atoms with Gasteiger partial charge in [0.1, 0.15) is 0 Å². The molecule has 0 unspecified atom stereocenters. The molecule has 3 rings (SSSR count). The highest BCUT2D eigenvalue weighted by molar-refractivity contribution is 7.99. The molecular weight excluding hydrogens is 398 g/mol. The fourth-order valence-corrected chi connectivity index (χ4v) is 3.70. The molecule has 1 aromatic heterocycles. The predicted molar refractivity (Wildman–Crippen MR) is 118 cm³/mol. The third-order valence-electron chi connectivity index (χ3n) is 4.32. The Morgan fingerprint density at radius 2 is 1.87 bits per heavy atom. The molecule has 156 valence electrons. The molecule has 0 aliphatic carbocycles. The van der Waals surface area contributed by atoms with E-state index < -0.39 is 6.03 Å². The molecule has 30 heavy (non-hydrogen) atoms. The monoisotopic (exact) mass is 423 g/mol. The van der Waals surface area contributed by atoms with Crippen molar-refractivity contribution >= 4 is 23.7 Å². The Morgan fingerprint density at radius 3 is 2.60 bits per heavy atom. The molecule has 3 amide bonds. The highest BCUT2D eigenvalue weighted by atomic mass is 32.2. The summed E-state index contributed by atoms with van der Waals surface area (Å²) < 4.78 is 2.02. The van der Waals surface area contributed by atoms with Crippen molar-refractivity contribution in [1.82, 2.24) is 25.4 Å². The van der Waals surface area contributed by atoms with Gasteiger partial charge in [-0.25, -0.2) is 4.79 Å². The third kappa shape index (κ3) is 5.93. The van der Waals surface area contributed by atoms with E-state index in [0.29, 0.717) is 11.7 Å². The van der Waals surface area contributed by atoms with E-state index in [9.17, 15) is 9.59 Å². The van der Waals surface area contributed by atoms with Crippen molar-refractivity contribution in [3.05, 3.63) is 65.7 Å². The molecule has 2 aromatic carbocycles. The number of imide groups is 1. The summed E-state index contributed by atoms with van der Waals surface area (Å²) in [6.07, 6.45) is 0.915. The summed E-state index contributed by atoms with van der Waals surface area (Å²) in [7, 11) is 0. The molecule has 1 heterocycles. The number of carbonyl (C=O) groups excluding carboxylic acids is 2. The van der Waals surface area contributed by atoms with Crippen LogP contribution in [0.5, 0.6) is 0 Å². The Hall–Kier alpha value is -3.13. The molecule has 0 saturated heterocycles. The Balaban J connectivity index is 1.57. The van der Waals surface area contributed by atoms with Crippen LogP contribution < -0.4 is 10.6 Å². The fourth-order valence-electron chi connectivity index (χ4n) is 2.93. The van der Waals surface area contributed by atoms with Gasteiger partial charge in [-0.05, 0) is 25.0 Å². The lowest BCUT2D eigenvalue weighted by atomic mass is 10.1. The van der Waals surface area contributed by atoms with Gasteiger partial charge < -0.3 is 9.88 Å². The molecule has 2 N–H and O–H groups in total. The maximum atomic E-state index is 12.2. The minimum absolute atomic E-state index is 0.0778. The molecular formula is C22H25N5O2S. The fraction of sp³-hybridized carbons (Fsp3) is 0.273.